The summed E-state index contributed by atoms with van der Waals surface area (Å²) in [4.78, 5) is 0. The number of benzene rings is 2. The zero-order valence-electron chi connectivity index (χ0n) is 13.9. The van der Waals surface area contributed by atoms with E-state index in [1.165, 1.54) is 0 Å². The molecule has 0 saturated heterocycles. The maximum absolute atomic E-state index is 9.67. The lowest BCUT2D eigenvalue weighted by atomic mass is 9.91. The van der Waals surface area contributed by atoms with Crippen LogP contribution in [0.2, 0.25) is 0 Å². The molecular weight excluding hydrogens is 296 g/mol. The van der Waals surface area contributed by atoms with Crippen LogP contribution >= 0.6 is 0 Å². The van der Waals surface area contributed by atoms with Gasteiger partial charge in [0.25, 0.3) is 0 Å². The van der Waals surface area contributed by atoms with Gasteiger partial charge < -0.3 is 4.42 Å². The summed E-state index contributed by atoms with van der Waals surface area (Å²) in [5.74, 6) is 0. The molecule has 0 aliphatic carbocycles. The highest BCUT2D eigenvalue weighted by Gasteiger charge is 2.24. The van der Waals surface area contributed by atoms with Crippen molar-refractivity contribution < 1.29 is 8.98 Å². The summed E-state index contributed by atoms with van der Waals surface area (Å²) in [5, 5.41) is 11.7. The summed E-state index contributed by atoms with van der Waals surface area (Å²) in [7, 11) is 2.04. The van der Waals surface area contributed by atoms with Gasteiger partial charge in [-0.2, -0.15) is 5.26 Å². The quantitative estimate of drug-likeness (QED) is 0.483. The lowest BCUT2D eigenvalue weighted by Crippen LogP contribution is -2.30. The smallest absolute Gasteiger partial charge is 0.213 e. The molecule has 0 amide bonds. The maximum atomic E-state index is 9.67. The van der Waals surface area contributed by atoms with Crippen molar-refractivity contribution in [2.24, 2.45) is 7.05 Å². The summed E-state index contributed by atoms with van der Waals surface area (Å²) >= 11 is 0. The number of furan rings is 1. The maximum Gasteiger partial charge on any atom is 0.213 e. The molecule has 0 N–H and O–H groups in total. The van der Waals surface area contributed by atoms with Gasteiger partial charge in [-0.3, -0.25) is 0 Å². The molecule has 0 aliphatic heterocycles. The van der Waals surface area contributed by atoms with Crippen LogP contribution in [0, 0.1) is 25.2 Å². The molecule has 116 valence electrons. The number of hydrogen-bond acceptors (Lipinski definition) is 2. The van der Waals surface area contributed by atoms with Gasteiger partial charge in [-0.05, 0) is 37.1 Å². The molecule has 0 fully saturated rings. The van der Waals surface area contributed by atoms with Crippen LogP contribution in [0.3, 0.4) is 0 Å². The molecule has 2 aromatic carbocycles. The molecule has 0 bridgehead atoms. The number of pyridine rings is 1. The second-order valence-corrected chi connectivity index (χ2v) is 6.11. The Morgan fingerprint density at radius 2 is 1.75 bits per heavy atom. The predicted molar refractivity (Wildman–Crippen MR) is 94.5 cm³/mol. The van der Waals surface area contributed by atoms with E-state index in [1.807, 2.05) is 50.5 Å². The largest absolute Gasteiger partial charge is 0.455 e. The SMILES string of the molecule is Cc1c(C)c(-c2cccc[n+]2C)c2c(oc3ccccc32)c1C#N. The minimum atomic E-state index is 0.626. The second kappa shape index (κ2) is 5.21. The van der Waals surface area contributed by atoms with Gasteiger partial charge in [-0.1, -0.05) is 18.2 Å². The van der Waals surface area contributed by atoms with Gasteiger partial charge >= 0.3 is 0 Å². The molecule has 2 aromatic heterocycles. The van der Waals surface area contributed by atoms with E-state index < -0.39 is 0 Å². The molecule has 0 aliphatic rings. The van der Waals surface area contributed by atoms with Crippen molar-refractivity contribution in [1.82, 2.24) is 0 Å². The zero-order chi connectivity index (χ0) is 16.8. The van der Waals surface area contributed by atoms with Gasteiger partial charge in [0.2, 0.25) is 5.69 Å². The van der Waals surface area contributed by atoms with Crippen LogP contribution < -0.4 is 4.57 Å². The van der Waals surface area contributed by atoms with Crippen LogP contribution in [-0.4, -0.2) is 0 Å². The Morgan fingerprint density at radius 1 is 1.00 bits per heavy atom. The summed E-state index contributed by atoms with van der Waals surface area (Å²) in [5.41, 5.74) is 6.46. The number of aromatic nitrogens is 1. The number of fused-ring (bicyclic) bond motifs is 3. The highest BCUT2D eigenvalue weighted by molar-refractivity contribution is 6.14. The molecule has 0 spiro atoms. The summed E-state index contributed by atoms with van der Waals surface area (Å²) in [6.07, 6.45) is 2.04. The van der Waals surface area contributed by atoms with E-state index in [0.29, 0.717) is 11.1 Å². The van der Waals surface area contributed by atoms with Gasteiger partial charge in [0.15, 0.2) is 11.8 Å². The first-order chi connectivity index (χ1) is 11.6. The van der Waals surface area contributed by atoms with Gasteiger partial charge in [-0.25, -0.2) is 4.57 Å². The van der Waals surface area contributed by atoms with Crippen molar-refractivity contribution in [2.45, 2.75) is 13.8 Å². The van der Waals surface area contributed by atoms with Crippen LogP contribution in [0.5, 0.6) is 0 Å². The average Bonchev–Trinajstić information content (AvgIpc) is 2.96. The first-order valence-corrected chi connectivity index (χ1v) is 7.93. The number of hydrogen-bond donors (Lipinski definition) is 0. The Balaban J connectivity index is 2.31. The Morgan fingerprint density at radius 3 is 2.50 bits per heavy atom. The standard InChI is InChI=1S/C21H17N2O/c1-13-14(2)19(17-9-6-7-11-23(17)3)20-15-8-4-5-10-18(15)24-21(20)16(13)12-22/h4-11H,1-3H3/q+1. The second-order valence-electron chi connectivity index (χ2n) is 6.11. The number of nitrogens with zero attached hydrogens (tertiary/aromatic N) is 2. The van der Waals surface area contributed by atoms with E-state index >= 15 is 0 Å². The zero-order valence-corrected chi connectivity index (χ0v) is 13.9. The summed E-state index contributed by atoms with van der Waals surface area (Å²) in [6.45, 7) is 4.08. The predicted octanol–water partition coefficient (Wildman–Crippen LogP) is 4.57. The Kier molecular flexibility index (Phi) is 3.14. The molecule has 0 radical (unpaired) electrons. The number of para-hydroxylation sites is 1. The topological polar surface area (TPSA) is 40.8 Å². The fraction of sp³-hybridized carbons (Fsp3) is 0.143. The van der Waals surface area contributed by atoms with E-state index in [1.54, 1.807) is 0 Å². The van der Waals surface area contributed by atoms with E-state index in [9.17, 15) is 5.26 Å². The molecule has 4 rings (SSSR count). The molecular formula is C21H17N2O+. The third kappa shape index (κ3) is 1.87. The lowest BCUT2D eigenvalue weighted by molar-refractivity contribution is -0.660. The molecule has 24 heavy (non-hydrogen) atoms. The van der Waals surface area contributed by atoms with Crippen molar-refractivity contribution in [1.29, 1.82) is 5.26 Å². The highest BCUT2D eigenvalue weighted by Crippen LogP contribution is 2.41. The number of nitriles is 1. The highest BCUT2D eigenvalue weighted by atomic mass is 16.3. The van der Waals surface area contributed by atoms with E-state index in [-0.39, 0.29) is 0 Å². The first-order valence-electron chi connectivity index (χ1n) is 7.93. The van der Waals surface area contributed by atoms with Crippen molar-refractivity contribution in [3.05, 3.63) is 65.4 Å². The Hall–Kier alpha value is -3.12. The van der Waals surface area contributed by atoms with E-state index in [0.717, 1.165) is 38.7 Å². The average molecular weight is 313 g/mol. The van der Waals surface area contributed by atoms with Crippen molar-refractivity contribution in [2.75, 3.05) is 0 Å². The third-order valence-corrected chi connectivity index (χ3v) is 4.81. The molecule has 4 aromatic rings. The Bertz CT molecular complexity index is 1150. The fourth-order valence-electron chi connectivity index (χ4n) is 3.44. The van der Waals surface area contributed by atoms with Gasteiger partial charge in [0.1, 0.15) is 18.7 Å². The van der Waals surface area contributed by atoms with Gasteiger partial charge in [-0.15, -0.1) is 0 Å². The molecule has 0 atom stereocenters. The van der Waals surface area contributed by atoms with Crippen molar-refractivity contribution in [3.8, 4) is 17.3 Å². The van der Waals surface area contributed by atoms with Crippen molar-refractivity contribution >= 4 is 21.9 Å². The van der Waals surface area contributed by atoms with Crippen LogP contribution in [0.1, 0.15) is 16.7 Å². The van der Waals surface area contributed by atoms with Crippen LogP contribution in [-0.2, 0) is 7.05 Å². The molecule has 3 heteroatoms. The molecule has 0 unspecified atom stereocenters. The summed E-state index contributed by atoms with van der Waals surface area (Å²) < 4.78 is 8.19. The Labute approximate surface area is 140 Å². The van der Waals surface area contributed by atoms with Gasteiger partial charge in [0.05, 0.1) is 11.1 Å². The minimum Gasteiger partial charge on any atom is -0.455 e. The van der Waals surface area contributed by atoms with Crippen LogP contribution in [0.25, 0.3) is 33.2 Å². The monoisotopic (exact) mass is 313 g/mol. The third-order valence-electron chi connectivity index (χ3n) is 4.81. The first kappa shape index (κ1) is 14.5. The number of aryl methyl sites for hydroxylation is 1. The minimum absolute atomic E-state index is 0.626. The summed E-state index contributed by atoms with van der Waals surface area (Å²) in [6, 6.07) is 16.5. The normalized spacial score (nSPS) is 11.1. The molecule has 2 heterocycles. The molecule has 0 saturated carbocycles. The van der Waals surface area contributed by atoms with Crippen LogP contribution in [0.15, 0.2) is 53.1 Å². The van der Waals surface area contributed by atoms with Crippen LogP contribution in [0.4, 0.5) is 0 Å². The van der Waals surface area contributed by atoms with E-state index in [2.05, 4.69) is 29.7 Å². The molecule has 3 nitrogen and oxygen atoms in total. The number of rotatable bonds is 1. The van der Waals surface area contributed by atoms with Crippen molar-refractivity contribution in [3.63, 3.8) is 0 Å². The van der Waals surface area contributed by atoms with Gasteiger partial charge in [0, 0.05) is 22.9 Å². The lowest BCUT2D eigenvalue weighted by Gasteiger charge is -2.11. The fourth-order valence-corrected chi connectivity index (χ4v) is 3.44. The van der Waals surface area contributed by atoms with E-state index in [4.69, 9.17) is 4.42 Å².